The van der Waals surface area contributed by atoms with Gasteiger partial charge in [-0.15, -0.1) is 0 Å². The van der Waals surface area contributed by atoms with Crippen LogP contribution in [-0.2, 0) is 4.74 Å². The summed E-state index contributed by atoms with van der Waals surface area (Å²) >= 11 is 0. The van der Waals surface area contributed by atoms with Gasteiger partial charge in [-0.3, -0.25) is 4.98 Å². The number of aromatic amines is 1. The quantitative estimate of drug-likeness (QED) is 0.550. The lowest BCUT2D eigenvalue weighted by Gasteiger charge is -2.03. The van der Waals surface area contributed by atoms with Crippen LogP contribution in [0, 0.1) is 6.92 Å². The summed E-state index contributed by atoms with van der Waals surface area (Å²) in [4.78, 5) is 23.7. The summed E-state index contributed by atoms with van der Waals surface area (Å²) in [6.07, 6.45) is 5.00. The Balaban J connectivity index is 1.85. The van der Waals surface area contributed by atoms with E-state index in [1.807, 2.05) is 37.4 Å². The molecule has 4 aromatic rings. The summed E-state index contributed by atoms with van der Waals surface area (Å²) < 4.78 is 6.59. The zero-order valence-corrected chi connectivity index (χ0v) is 14.2. The molecule has 0 amide bonds. The van der Waals surface area contributed by atoms with E-state index in [1.165, 1.54) is 13.3 Å². The molecule has 0 aliphatic carbocycles. The van der Waals surface area contributed by atoms with Crippen LogP contribution in [0.3, 0.4) is 0 Å². The second-order valence-electron chi connectivity index (χ2n) is 5.82. The molecule has 0 aliphatic rings. The number of H-pyrrole nitrogens is 1. The van der Waals surface area contributed by atoms with E-state index in [2.05, 4.69) is 20.1 Å². The Bertz CT molecular complexity index is 1130. The van der Waals surface area contributed by atoms with Gasteiger partial charge in [0.2, 0.25) is 0 Å². The van der Waals surface area contributed by atoms with E-state index in [0.29, 0.717) is 28.0 Å². The first-order chi connectivity index (χ1) is 12.6. The van der Waals surface area contributed by atoms with Crippen molar-refractivity contribution in [1.29, 1.82) is 0 Å². The van der Waals surface area contributed by atoms with Crippen LogP contribution in [0.4, 0.5) is 5.82 Å². The molecule has 4 aromatic heterocycles. The van der Waals surface area contributed by atoms with Crippen LogP contribution in [0.2, 0.25) is 0 Å². The summed E-state index contributed by atoms with van der Waals surface area (Å²) in [5, 5.41) is 5.05. The molecule has 0 spiro atoms. The highest BCUT2D eigenvalue weighted by molar-refractivity contribution is 6.07. The maximum absolute atomic E-state index is 12.0. The number of rotatable bonds is 3. The second kappa shape index (κ2) is 5.99. The van der Waals surface area contributed by atoms with Crippen LogP contribution in [0.25, 0.3) is 28.0 Å². The van der Waals surface area contributed by atoms with Crippen LogP contribution in [0.1, 0.15) is 16.1 Å². The molecule has 26 heavy (non-hydrogen) atoms. The van der Waals surface area contributed by atoms with Gasteiger partial charge >= 0.3 is 5.97 Å². The standard InChI is InChI=1S/C18H16N6O2/c1-10-4-6-24(23-10)11-3-5-20-14(7-11)15-8-12-13(18(25)26-2)9-21-17(19)16(12)22-15/h3-9,22H,1-2H3,(H2,19,21). The van der Waals surface area contributed by atoms with Gasteiger partial charge in [-0.05, 0) is 31.2 Å². The highest BCUT2D eigenvalue weighted by Crippen LogP contribution is 2.29. The fourth-order valence-corrected chi connectivity index (χ4v) is 2.82. The SMILES string of the molecule is COC(=O)c1cnc(N)c2[nH]c(-c3cc(-n4ccc(C)n4)ccn3)cc12. The number of ether oxygens (including phenoxy) is 1. The van der Waals surface area contributed by atoms with Crippen molar-refractivity contribution in [2.24, 2.45) is 0 Å². The number of anilines is 1. The van der Waals surface area contributed by atoms with Gasteiger partial charge in [0, 0.05) is 24.0 Å². The first kappa shape index (κ1) is 15.8. The number of carbonyl (C=O) groups is 1. The number of hydrogen-bond acceptors (Lipinski definition) is 6. The van der Waals surface area contributed by atoms with Crippen LogP contribution in [0.15, 0.2) is 42.9 Å². The third-order valence-corrected chi connectivity index (χ3v) is 4.11. The minimum Gasteiger partial charge on any atom is -0.465 e. The van der Waals surface area contributed by atoms with Gasteiger partial charge < -0.3 is 15.5 Å². The number of methoxy groups -OCH3 is 1. The second-order valence-corrected chi connectivity index (χ2v) is 5.82. The summed E-state index contributed by atoms with van der Waals surface area (Å²) in [5.74, 6) is -0.167. The Hall–Kier alpha value is -3.68. The molecule has 8 heteroatoms. The third kappa shape index (κ3) is 2.57. The molecule has 3 N–H and O–H groups in total. The topological polar surface area (TPSA) is 112 Å². The van der Waals surface area contributed by atoms with Gasteiger partial charge in [0.25, 0.3) is 0 Å². The van der Waals surface area contributed by atoms with Crippen LogP contribution < -0.4 is 5.73 Å². The molecule has 0 aliphatic heterocycles. The Morgan fingerprint density at radius 2 is 2.12 bits per heavy atom. The number of aromatic nitrogens is 5. The van der Waals surface area contributed by atoms with E-state index < -0.39 is 5.97 Å². The van der Waals surface area contributed by atoms with Crippen LogP contribution >= 0.6 is 0 Å². The van der Waals surface area contributed by atoms with Gasteiger partial charge in [0.1, 0.15) is 5.82 Å². The minimum atomic E-state index is -0.471. The average Bonchev–Trinajstić information content (AvgIpc) is 3.29. The molecule has 130 valence electrons. The van der Waals surface area contributed by atoms with Crippen molar-refractivity contribution in [3.63, 3.8) is 0 Å². The molecular weight excluding hydrogens is 332 g/mol. The maximum atomic E-state index is 12.0. The lowest BCUT2D eigenvalue weighted by molar-refractivity contribution is 0.0602. The highest BCUT2D eigenvalue weighted by Gasteiger charge is 2.17. The first-order valence-corrected chi connectivity index (χ1v) is 7.91. The number of hydrogen-bond donors (Lipinski definition) is 2. The number of nitrogens with two attached hydrogens (primary N) is 1. The molecular formula is C18H16N6O2. The molecule has 0 saturated carbocycles. The number of nitrogens with zero attached hydrogens (tertiary/aromatic N) is 4. The average molecular weight is 348 g/mol. The highest BCUT2D eigenvalue weighted by atomic mass is 16.5. The van der Waals surface area contributed by atoms with E-state index in [0.717, 1.165) is 17.1 Å². The largest absolute Gasteiger partial charge is 0.465 e. The summed E-state index contributed by atoms with van der Waals surface area (Å²) in [6.45, 7) is 1.93. The molecule has 8 nitrogen and oxygen atoms in total. The fraction of sp³-hybridized carbons (Fsp3) is 0.111. The predicted octanol–water partition coefficient (Wildman–Crippen LogP) is 2.49. The normalized spacial score (nSPS) is 11.0. The van der Waals surface area contributed by atoms with Gasteiger partial charge in [-0.2, -0.15) is 5.10 Å². The smallest absolute Gasteiger partial charge is 0.340 e. The number of nitrogen functional groups attached to an aromatic ring is 1. The molecule has 0 radical (unpaired) electrons. The fourth-order valence-electron chi connectivity index (χ4n) is 2.82. The number of aryl methyl sites for hydroxylation is 1. The molecule has 0 saturated heterocycles. The van der Waals surface area contributed by atoms with Gasteiger partial charge in [0.15, 0.2) is 0 Å². The van der Waals surface area contributed by atoms with Crippen LogP contribution in [0.5, 0.6) is 0 Å². The number of fused-ring (bicyclic) bond motifs is 1. The van der Waals surface area contributed by atoms with Crippen molar-refractivity contribution in [2.75, 3.05) is 12.8 Å². The van der Waals surface area contributed by atoms with E-state index >= 15 is 0 Å². The van der Waals surface area contributed by atoms with Crippen molar-refractivity contribution in [1.82, 2.24) is 24.7 Å². The first-order valence-electron chi connectivity index (χ1n) is 7.91. The summed E-state index contributed by atoms with van der Waals surface area (Å²) in [7, 11) is 1.33. The number of esters is 1. The lowest BCUT2D eigenvalue weighted by Crippen LogP contribution is -2.03. The monoisotopic (exact) mass is 348 g/mol. The Morgan fingerprint density at radius 3 is 2.85 bits per heavy atom. The minimum absolute atomic E-state index is 0.303. The van der Waals surface area contributed by atoms with Gasteiger partial charge in [-0.1, -0.05) is 0 Å². The lowest BCUT2D eigenvalue weighted by atomic mass is 10.1. The van der Waals surface area contributed by atoms with Crippen molar-refractivity contribution >= 4 is 22.7 Å². The number of pyridine rings is 2. The molecule has 0 bridgehead atoms. The van der Waals surface area contributed by atoms with E-state index in [9.17, 15) is 4.79 Å². The molecule has 0 fully saturated rings. The molecule has 0 atom stereocenters. The number of carbonyl (C=O) groups excluding carboxylic acids is 1. The Morgan fingerprint density at radius 1 is 1.27 bits per heavy atom. The zero-order chi connectivity index (χ0) is 18.3. The molecule has 4 heterocycles. The number of nitrogens with one attached hydrogen (secondary N) is 1. The Labute approximate surface area is 148 Å². The predicted molar refractivity (Wildman–Crippen MR) is 96.9 cm³/mol. The maximum Gasteiger partial charge on any atom is 0.340 e. The zero-order valence-electron chi connectivity index (χ0n) is 14.2. The summed E-state index contributed by atoms with van der Waals surface area (Å²) in [6, 6.07) is 7.52. The van der Waals surface area contributed by atoms with Crippen molar-refractivity contribution < 1.29 is 9.53 Å². The van der Waals surface area contributed by atoms with E-state index in [4.69, 9.17) is 10.5 Å². The molecule has 0 aromatic carbocycles. The molecule has 4 rings (SSSR count). The third-order valence-electron chi connectivity index (χ3n) is 4.11. The van der Waals surface area contributed by atoms with Crippen LogP contribution in [-0.4, -0.2) is 37.8 Å². The summed E-state index contributed by atoms with van der Waals surface area (Å²) in [5.41, 5.74) is 10.1. The molecule has 0 unspecified atom stereocenters. The van der Waals surface area contributed by atoms with Gasteiger partial charge in [0.05, 0.1) is 41.0 Å². The van der Waals surface area contributed by atoms with E-state index in [-0.39, 0.29) is 0 Å². The van der Waals surface area contributed by atoms with E-state index in [1.54, 1.807) is 10.9 Å². The van der Waals surface area contributed by atoms with Gasteiger partial charge in [-0.25, -0.2) is 14.5 Å². The Kier molecular flexibility index (Phi) is 3.65. The van der Waals surface area contributed by atoms with Crippen molar-refractivity contribution in [3.05, 3.63) is 54.1 Å². The van der Waals surface area contributed by atoms with Crippen molar-refractivity contribution in [3.8, 4) is 17.1 Å². The van der Waals surface area contributed by atoms with Crippen molar-refractivity contribution in [2.45, 2.75) is 6.92 Å².